The number of imidazole rings is 1. The minimum Gasteiger partial charge on any atom is -0.295 e. The lowest BCUT2D eigenvalue weighted by molar-refractivity contribution is 0.565. The van der Waals surface area contributed by atoms with E-state index in [9.17, 15) is 4.79 Å². The van der Waals surface area contributed by atoms with E-state index in [4.69, 9.17) is 0 Å². The van der Waals surface area contributed by atoms with Crippen LogP contribution in [-0.2, 0) is 4.79 Å². The highest BCUT2D eigenvalue weighted by Gasteiger charge is 1.98. The van der Waals surface area contributed by atoms with Crippen LogP contribution in [0.3, 0.4) is 0 Å². The molecule has 0 amide bonds. The standard InChI is InChI=1S/C6H3N3OS/c10-4-8-5-2-9-3-7-1-6(9)11-5/h1-3H. The van der Waals surface area contributed by atoms with E-state index >= 15 is 0 Å². The van der Waals surface area contributed by atoms with E-state index in [1.54, 1.807) is 23.1 Å². The number of hydrogen-bond donors (Lipinski definition) is 0. The Bertz CT molecular complexity index is 395. The first kappa shape index (κ1) is 6.27. The second kappa shape index (κ2) is 2.30. The molecule has 4 nitrogen and oxygen atoms in total. The lowest BCUT2D eigenvalue weighted by Gasteiger charge is -1.73. The van der Waals surface area contributed by atoms with Gasteiger partial charge in [0.1, 0.15) is 9.83 Å². The maximum Gasteiger partial charge on any atom is 0.241 e. The predicted octanol–water partition coefficient (Wildman–Crippen LogP) is 1.36. The normalized spacial score (nSPS) is 9.82. The molecule has 2 aromatic heterocycles. The zero-order valence-electron chi connectivity index (χ0n) is 5.39. The molecule has 0 bridgehead atoms. The molecular weight excluding hydrogens is 162 g/mol. The van der Waals surface area contributed by atoms with E-state index in [0.717, 1.165) is 4.83 Å². The average molecular weight is 165 g/mol. The van der Waals surface area contributed by atoms with Crippen LogP contribution in [0.2, 0.25) is 0 Å². The molecule has 2 rings (SSSR count). The zero-order valence-corrected chi connectivity index (χ0v) is 6.21. The number of aliphatic imine (C=N–C) groups is 1. The van der Waals surface area contributed by atoms with E-state index < -0.39 is 0 Å². The number of thiazole rings is 1. The lowest BCUT2D eigenvalue weighted by Crippen LogP contribution is -1.66. The van der Waals surface area contributed by atoms with Crippen molar-refractivity contribution in [3.8, 4) is 0 Å². The number of isocyanates is 1. The van der Waals surface area contributed by atoms with E-state index in [1.807, 2.05) is 0 Å². The van der Waals surface area contributed by atoms with Crippen LogP contribution in [0.15, 0.2) is 23.7 Å². The summed E-state index contributed by atoms with van der Waals surface area (Å²) in [5.41, 5.74) is 0. The number of fused-ring (bicyclic) bond motifs is 1. The van der Waals surface area contributed by atoms with Gasteiger partial charge in [-0.25, -0.2) is 9.78 Å². The molecule has 0 N–H and O–H groups in total. The number of rotatable bonds is 1. The first-order valence-corrected chi connectivity index (χ1v) is 3.71. The van der Waals surface area contributed by atoms with Crippen LogP contribution >= 0.6 is 11.3 Å². The summed E-state index contributed by atoms with van der Waals surface area (Å²) >= 11 is 1.40. The van der Waals surface area contributed by atoms with Gasteiger partial charge < -0.3 is 0 Å². The molecule has 0 unspecified atom stereocenters. The number of carbonyl (C=O) groups excluding carboxylic acids is 1. The van der Waals surface area contributed by atoms with Crippen LogP contribution < -0.4 is 0 Å². The molecule has 0 aliphatic heterocycles. The van der Waals surface area contributed by atoms with Gasteiger partial charge in [0, 0.05) is 6.20 Å². The van der Waals surface area contributed by atoms with Gasteiger partial charge in [0.05, 0.1) is 12.5 Å². The summed E-state index contributed by atoms with van der Waals surface area (Å²) in [6.45, 7) is 0. The highest BCUT2D eigenvalue weighted by atomic mass is 32.1. The maximum absolute atomic E-state index is 9.86. The fraction of sp³-hybridized carbons (Fsp3) is 0. The van der Waals surface area contributed by atoms with Crippen molar-refractivity contribution in [1.29, 1.82) is 0 Å². The summed E-state index contributed by atoms with van der Waals surface area (Å²) in [6.07, 6.45) is 6.60. The van der Waals surface area contributed by atoms with E-state index in [2.05, 4.69) is 9.98 Å². The topological polar surface area (TPSA) is 46.7 Å². The summed E-state index contributed by atoms with van der Waals surface area (Å²) in [5, 5.41) is 0.650. The van der Waals surface area contributed by atoms with Crippen molar-refractivity contribution in [2.45, 2.75) is 0 Å². The molecule has 0 saturated carbocycles. The molecule has 11 heavy (non-hydrogen) atoms. The predicted molar refractivity (Wildman–Crippen MR) is 40.9 cm³/mol. The zero-order chi connectivity index (χ0) is 7.68. The monoisotopic (exact) mass is 165 g/mol. The lowest BCUT2D eigenvalue weighted by atomic mass is 10.8. The Balaban J connectivity index is 2.67. The Morgan fingerprint density at radius 2 is 2.64 bits per heavy atom. The van der Waals surface area contributed by atoms with Gasteiger partial charge in [0.25, 0.3) is 0 Å². The van der Waals surface area contributed by atoms with Gasteiger partial charge in [-0.1, -0.05) is 11.3 Å². The Hall–Kier alpha value is -1.45. The van der Waals surface area contributed by atoms with Crippen molar-refractivity contribution in [2.24, 2.45) is 4.99 Å². The van der Waals surface area contributed by atoms with Crippen molar-refractivity contribution >= 4 is 27.2 Å². The third-order valence-electron chi connectivity index (χ3n) is 1.25. The molecule has 5 heteroatoms. The Morgan fingerprint density at radius 3 is 3.36 bits per heavy atom. The minimum atomic E-state index is 0.650. The Morgan fingerprint density at radius 1 is 1.73 bits per heavy atom. The average Bonchev–Trinajstić information content (AvgIpc) is 2.46. The molecule has 0 radical (unpaired) electrons. The maximum atomic E-state index is 9.86. The van der Waals surface area contributed by atoms with Crippen LogP contribution in [0.1, 0.15) is 0 Å². The first-order chi connectivity index (χ1) is 5.40. The van der Waals surface area contributed by atoms with E-state index in [0.29, 0.717) is 5.00 Å². The minimum absolute atomic E-state index is 0.650. The molecule has 0 aliphatic carbocycles. The molecule has 0 aliphatic rings. The van der Waals surface area contributed by atoms with Crippen molar-refractivity contribution in [3.05, 3.63) is 18.7 Å². The molecule has 0 atom stereocenters. The van der Waals surface area contributed by atoms with Gasteiger partial charge >= 0.3 is 0 Å². The third-order valence-corrected chi connectivity index (χ3v) is 2.18. The summed E-state index contributed by atoms with van der Waals surface area (Å²) in [7, 11) is 0. The second-order valence-electron chi connectivity index (χ2n) is 1.91. The first-order valence-electron chi connectivity index (χ1n) is 2.89. The fourth-order valence-corrected chi connectivity index (χ4v) is 1.60. The van der Waals surface area contributed by atoms with Crippen LogP contribution in [0.25, 0.3) is 4.83 Å². The van der Waals surface area contributed by atoms with Crippen molar-refractivity contribution < 1.29 is 4.79 Å². The number of hydrogen-bond acceptors (Lipinski definition) is 4. The quantitative estimate of drug-likeness (QED) is 0.473. The van der Waals surface area contributed by atoms with Gasteiger partial charge in [-0.05, 0) is 0 Å². The van der Waals surface area contributed by atoms with Gasteiger partial charge in [0.2, 0.25) is 6.08 Å². The highest BCUT2D eigenvalue weighted by molar-refractivity contribution is 7.20. The van der Waals surface area contributed by atoms with Gasteiger partial charge in [-0.15, -0.1) is 0 Å². The second-order valence-corrected chi connectivity index (χ2v) is 2.95. The summed E-state index contributed by atoms with van der Waals surface area (Å²) in [5.74, 6) is 0. The van der Waals surface area contributed by atoms with Crippen molar-refractivity contribution in [2.75, 3.05) is 0 Å². The molecule has 2 heterocycles. The largest absolute Gasteiger partial charge is 0.295 e. The molecule has 2 aromatic rings. The highest BCUT2D eigenvalue weighted by Crippen LogP contribution is 2.24. The van der Waals surface area contributed by atoms with Crippen LogP contribution in [0.5, 0.6) is 0 Å². The summed E-state index contributed by atoms with van der Waals surface area (Å²) in [4.78, 5) is 18.2. The summed E-state index contributed by atoms with van der Waals surface area (Å²) < 4.78 is 1.81. The molecule has 0 fully saturated rings. The van der Waals surface area contributed by atoms with Crippen molar-refractivity contribution in [1.82, 2.24) is 9.38 Å². The van der Waals surface area contributed by atoms with Gasteiger partial charge in [0.15, 0.2) is 0 Å². The molecule has 0 aromatic carbocycles. The molecule has 0 saturated heterocycles. The smallest absolute Gasteiger partial charge is 0.241 e. The molecule has 54 valence electrons. The van der Waals surface area contributed by atoms with Crippen LogP contribution in [0, 0.1) is 0 Å². The third kappa shape index (κ3) is 0.960. The Kier molecular flexibility index (Phi) is 1.31. The van der Waals surface area contributed by atoms with Crippen LogP contribution in [0.4, 0.5) is 5.00 Å². The number of aromatic nitrogens is 2. The fourth-order valence-electron chi connectivity index (χ4n) is 0.818. The van der Waals surface area contributed by atoms with E-state index in [-0.39, 0.29) is 0 Å². The Labute approximate surface area is 65.8 Å². The van der Waals surface area contributed by atoms with Gasteiger partial charge in [-0.3, -0.25) is 4.40 Å². The number of nitrogens with zero attached hydrogens (tertiary/aromatic N) is 3. The molecule has 0 spiro atoms. The van der Waals surface area contributed by atoms with E-state index in [1.165, 1.54) is 17.4 Å². The molecular formula is C6H3N3OS. The summed E-state index contributed by atoms with van der Waals surface area (Å²) in [6, 6.07) is 0. The SMILES string of the molecule is O=C=Nc1cn2cncc2s1. The van der Waals surface area contributed by atoms with Crippen LogP contribution in [-0.4, -0.2) is 15.5 Å². The van der Waals surface area contributed by atoms with Crippen molar-refractivity contribution in [3.63, 3.8) is 0 Å². The van der Waals surface area contributed by atoms with Gasteiger partial charge in [-0.2, -0.15) is 4.99 Å².